The number of hydrogen-bond donors (Lipinski definition) is 1. The molecule has 2 saturated carbocycles. The first-order valence-electron chi connectivity index (χ1n) is 10.8. The monoisotopic (exact) mass is 537 g/mol. The van der Waals surface area contributed by atoms with Crippen molar-refractivity contribution in [3.05, 3.63) is 67.1 Å². The van der Waals surface area contributed by atoms with Crippen molar-refractivity contribution in [1.29, 1.82) is 0 Å². The van der Waals surface area contributed by atoms with Gasteiger partial charge in [-0.25, -0.2) is 4.79 Å². The van der Waals surface area contributed by atoms with Gasteiger partial charge in [0, 0.05) is 23.6 Å². The van der Waals surface area contributed by atoms with Gasteiger partial charge < -0.3 is 10.2 Å². The normalized spacial score (nSPS) is 25.5. The van der Waals surface area contributed by atoms with E-state index in [4.69, 9.17) is 39.6 Å². The molecule has 0 aromatic heterocycles. The molecule has 4 rings (SSSR count). The molecule has 2 aliphatic rings. The lowest BCUT2D eigenvalue weighted by molar-refractivity contribution is -0.384. The van der Waals surface area contributed by atoms with E-state index in [0.29, 0.717) is 40.7 Å². The molecule has 1 N–H and O–H groups in total. The van der Waals surface area contributed by atoms with E-state index in [9.17, 15) is 19.7 Å². The first-order valence-corrected chi connectivity index (χ1v) is 11.9. The van der Waals surface area contributed by atoms with Crippen LogP contribution in [0, 0.1) is 26.4 Å². The second kappa shape index (κ2) is 8.76. The highest BCUT2D eigenvalue weighted by Crippen LogP contribution is 2.71. The maximum Gasteiger partial charge on any atom is 0.365 e. The lowest BCUT2D eigenvalue weighted by atomic mass is 9.64. The van der Waals surface area contributed by atoms with Crippen LogP contribution in [0.1, 0.15) is 50.4 Å². The molecular formula is C24H22Cl3N3O5. The molecule has 0 spiro atoms. The van der Waals surface area contributed by atoms with E-state index in [1.54, 1.807) is 18.2 Å². The number of amides is 1. The maximum absolute atomic E-state index is 13.6. The number of fused-ring (bicyclic) bond motifs is 2. The molecule has 0 radical (unpaired) electrons. The molecule has 0 saturated heterocycles. The predicted octanol–water partition coefficient (Wildman–Crippen LogP) is 6.92. The molecule has 11 heteroatoms. The highest BCUT2D eigenvalue weighted by atomic mass is 35.5. The van der Waals surface area contributed by atoms with Gasteiger partial charge in [0.05, 0.1) is 31.7 Å². The van der Waals surface area contributed by atoms with Crippen LogP contribution in [-0.4, -0.2) is 22.5 Å². The summed E-state index contributed by atoms with van der Waals surface area (Å²) in [5.41, 5.74) is -1.10. The van der Waals surface area contributed by atoms with Crippen molar-refractivity contribution in [3.63, 3.8) is 0 Å². The van der Waals surface area contributed by atoms with Gasteiger partial charge in [0.15, 0.2) is 0 Å². The van der Waals surface area contributed by atoms with Crippen LogP contribution < -0.4 is 5.32 Å². The Hall–Kier alpha value is -2.68. The Labute approximate surface area is 216 Å². The highest BCUT2D eigenvalue weighted by molar-refractivity contribution is 6.42. The summed E-state index contributed by atoms with van der Waals surface area (Å²) in [4.78, 5) is 41.8. The van der Waals surface area contributed by atoms with Crippen LogP contribution in [0.15, 0.2) is 41.6 Å². The van der Waals surface area contributed by atoms with Crippen LogP contribution in [0.25, 0.3) is 0 Å². The average Bonchev–Trinajstić information content (AvgIpc) is 3.10. The number of nitrogens with one attached hydrogen (secondary N) is 1. The van der Waals surface area contributed by atoms with Crippen LogP contribution in [0.3, 0.4) is 0 Å². The maximum atomic E-state index is 13.6. The molecule has 35 heavy (non-hydrogen) atoms. The van der Waals surface area contributed by atoms with Crippen LogP contribution >= 0.6 is 34.8 Å². The fourth-order valence-corrected chi connectivity index (χ4v) is 5.76. The fraction of sp³-hybridized carbons (Fsp3) is 0.375. The fourth-order valence-electron chi connectivity index (χ4n) is 5.28. The second-order valence-corrected chi connectivity index (χ2v) is 10.9. The number of halogens is 3. The molecule has 2 aliphatic carbocycles. The van der Waals surface area contributed by atoms with Gasteiger partial charge in [-0.3, -0.25) is 14.9 Å². The summed E-state index contributed by atoms with van der Waals surface area (Å²) in [6.07, 6.45) is 1.62. The molecular weight excluding hydrogens is 517 g/mol. The Morgan fingerprint density at radius 1 is 1.03 bits per heavy atom. The lowest BCUT2D eigenvalue weighted by Gasteiger charge is -2.39. The molecule has 2 aromatic rings. The number of benzene rings is 2. The summed E-state index contributed by atoms with van der Waals surface area (Å²) in [5.74, 6) is -1.02. The zero-order valence-corrected chi connectivity index (χ0v) is 21.4. The lowest BCUT2D eigenvalue weighted by Crippen LogP contribution is -2.43. The standard InChI is InChI=1S/C24H22Cl3N3O5/c1-22(2)23(3)8-9-24(22,21(32)28-14-5-7-15(25)17(27)11-14)12-19(23)29-35-20(31)13-4-6-16(26)18(10-13)30(33)34/h4-7,10-11H,8-9,12H2,1-3H3,(H,28,32)/b29-19-. The van der Waals surface area contributed by atoms with E-state index in [2.05, 4.69) is 10.5 Å². The highest BCUT2D eigenvalue weighted by Gasteiger charge is 2.71. The number of nitro groups is 1. The van der Waals surface area contributed by atoms with E-state index in [0.717, 1.165) is 6.07 Å². The Kier molecular flexibility index (Phi) is 6.36. The van der Waals surface area contributed by atoms with Crippen molar-refractivity contribution in [2.75, 3.05) is 5.32 Å². The van der Waals surface area contributed by atoms with Gasteiger partial charge in [-0.2, -0.15) is 0 Å². The first-order chi connectivity index (χ1) is 16.3. The van der Waals surface area contributed by atoms with E-state index < -0.39 is 32.8 Å². The number of carbonyl (C=O) groups excluding carboxylic acids is 2. The minimum absolute atomic E-state index is 0.0508. The van der Waals surface area contributed by atoms with Crippen LogP contribution in [0.4, 0.5) is 11.4 Å². The van der Waals surface area contributed by atoms with Gasteiger partial charge in [-0.1, -0.05) is 60.7 Å². The summed E-state index contributed by atoms with van der Waals surface area (Å²) in [6.45, 7) is 6.04. The molecule has 2 aromatic carbocycles. The Morgan fingerprint density at radius 3 is 2.37 bits per heavy atom. The smallest absolute Gasteiger partial charge is 0.326 e. The van der Waals surface area contributed by atoms with E-state index in [1.165, 1.54) is 12.1 Å². The summed E-state index contributed by atoms with van der Waals surface area (Å²) >= 11 is 17.9. The van der Waals surface area contributed by atoms with Gasteiger partial charge in [0.2, 0.25) is 5.91 Å². The number of carbonyl (C=O) groups is 2. The number of nitro benzene ring substituents is 1. The second-order valence-electron chi connectivity index (χ2n) is 9.64. The third kappa shape index (κ3) is 3.97. The molecule has 0 heterocycles. The van der Waals surface area contributed by atoms with E-state index in [-0.39, 0.29) is 16.5 Å². The number of hydrogen-bond acceptors (Lipinski definition) is 6. The van der Waals surface area contributed by atoms with Gasteiger partial charge in [-0.05, 0) is 48.6 Å². The van der Waals surface area contributed by atoms with Crippen LogP contribution in [0.2, 0.25) is 15.1 Å². The third-order valence-corrected chi connectivity index (χ3v) is 9.02. The van der Waals surface area contributed by atoms with E-state index in [1.807, 2.05) is 20.8 Å². The number of oxime groups is 1. The summed E-state index contributed by atoms with van der Waals surface area (Å²) < 4.78 is 0. The Morgan fingerprint density at radius 2 is 1.71 bits per heavy atom. The zero-order valence-electron chi connectivity index (χ0n) is 19.2. The largest absolute Gasteiger partial charge is 0.365 e. The van der Waals surface area contributed by atoms with Crippen LogP contribution in [0.5, 0.6) is 0 Å². The minimum Gasteiger partial charge on any atom is -0.326 e. The SMILES string of the molecule is CC12CCC(C(=O)Nc3ccc(Cl)c(Cl)c3)(C/C1=N/OC(=O)c1ccc(Cl)c([N+](=O)[O-])c1)C2(C)C. The molecule has 8 nitrogen and oxygen atoms in total. The van der Waals surface area contributed by atoms with Crippen molar-refractivity contribution in [1.82, 2.24) is 0 Å². The first kappa shape index (κ1) is 25.4. The summed E-state index contributed by atoms with van der Waals surface area (Å²) in [5, 5.41) is 18.9. The van der Waals surface area contributed by atoms with Crippen molar-refractivity contribution in [2.45, 2.75) is 40.0 Å². The third-order valence-electron chi connectivity index (χ3n) is 7.96. The molecule has 0 aliphatic heterocycles. The molecule has 2 atom stereocenters. The Bertz CT molecular complexity index is 1300. The summed E-state index contributed by atoms with van der Waals surface area (Å²) in [7, 11) is 0. The average molecular weight is 539 g/mol. The quantitative estimate of drug-likeness (QED) is 0.252. The molecule has 2 unspecified atom stereocenters. The van der Waals surface area contributed by atoms with Gasteiger partial charge in [-0.15, -0.1) is 0 Å². The van der Waals surface area contributed by atoms with Crippen molar-refractivity contribution < 1.29 is 19.3 Å². The summed E-state index contributed by atoms with van der Waals surface area (Å²) in [6, 6.07) is 8.52. The Balaban J connectivity index is 1.58. The predicted molar refractivity (Wildman–Crippen MR) is 134 cm³/mol. The number of nitrogens with zero attached hydrogens (tertiary/aromatic N) is 2. The van der Waals surface area contributed by atoms with E-state index >= 15 is 0 Å². The molecule has 2 fully saturated rings. The number of anilines is 1. The van der Waals surface area contributed by atoms with Crippen LogP contribution in [-0.2, 0) is 9.63 Å². The van der Waals surface area contributed by atoms with Crippen molar-refractivity contribution in [2.24, 2.45) is 21.4 Å². The zero-order chi connectivity index (χ0) is 25.8. The minimum atomic E-state index is -0.851. The number of rotatable bonds is 5. The van der Waals surface area contributed by atoms with Gasteiger partial charge in [0.1, 0.15) is 5.02 Å². The topological polar surface area (TPSA) is 111 Å². The van der Waals surface area contributed by atoms with Gasteiger partial charge >= 0.3 is 5.97 Å². The molecule has 1 amide bonds. The van der Waals surface area contributed by atoms with Crippen molar-refractivity contribution in [3.8, 4) is 0 Å². The molecule has 2 bridgehead atoms. The molecule has 184 valence electrons. The van der Waals surface area contributed by atoms with Crippen molar-refractivity contribution >= 4 is 63.8 Å². The van der Waals surface area contributed by atoms with Gasteiger partial charge in [0.25, 0.3) is 5.69 Å².